The summed E-state index contributed by atoms with van der Waals surface area (Å²) in [5.41, 5.74) is 2.17. The topological polar surface area (TPSA) is 46.9 Å². The van der Waals surface area contributed by atoms with Crippen LogP contribution in [0.4, 0.5) is 13.2 Å². The maximum atomic E-state index is 12.9. The Labute approximate surface area is 188 Å². The van der Waals surface area contributed by atoms with Crippen LogP contribution >= 0.6 is 27.3 Å². The third-order valence-corrected chi connectivity index (χ3v) is 6.65. The molecule has 0 atom stereocenters. The van der Waals surface area contributed by atoms with Crippen LogP contribution in [-0.2, 0) is 19.1 Å². The molecule has 3 heterocycles. The highest BCUT2D eigenvalue weighted by Gasteiger charge is 2.30. The Morgan fingerprint density at radius 1 is 1.16 bits per heavy atom. The minimum atomic E-state index is -4.38. The second-order valence-corrected chi connectivity index (χ2v) is 8.70. The van der Waals surface area contributed by atoms with E-state index in [1.165, 1.54) is 23.5 Å². The summed E-state index contributed by atoms with van der Waals surface area (Å²) in [6.45, 7) is 0.704. The molecule has 0 spiro atoms. The molecule has 9 heteroatoms. The molecule has 0 radical (unpaired) electrons. The van der Waals surface area contributed by atoms with Gasteiger partial charge in [0.1, 0.15) is 5.69 Å². The Bertz CT molecular complexity index is 1200. The molecule has 3 aromatic heterocycles. The van der Waals surface area contributed by atoms with Crippen molar-refractivity contribution in [2.24, 2.45) is 0 Å². The van der Waals surface area contributed by atoms with E-state index in [4.69, 9.17) is 0 Å². The number of rotatable bonds is 6. The first-order valence-electron chi connectivity index (χ1n) is 9.43. The van der Waals surface area contributed by atoms with Crippen molar-refractivity contribution in [3.05, 3.63) is 87.1 Å². The largest absolute Gasteiger partial charge is 0.416 e. The highest BCUT2D eigenvalue weighted by Crippen LogP contribution is 2.34. The van der Waals surface area contributed by atoms with Crippen molar-refractivity contribution in [3.63, 3.8) is 0 Å². The zero-order valence-corrected chi connectivity index (χ0v) is 18.5. The predicted octanol–water partition coefficient (Wildman–Crippen LogP) is 5.90. The number of thiophene rings is 1. The van der Waals surface area contributed by atoms with Gasteiger partial charge in [-0.1, -0.05) is 18.2 Å². The molecule has 4 nitrogen and oxygen atoms in total. The fourth-order valence-corrected chi connectivity index (χ4v) is 5.00. The highest BCUT2D eigenvalue weighted by atomic mass is 79.9. The lowest BCUT2D eigenvalue weighted by atomic mass is 10.1. The van der Waals surface area contributed by atoms with Crippen LogP contribution in [0.2, 0.25) is 0 Å². The van der Waals surface area contributed by atoms with Gasteiger partial charge in [-0.25, -0.2) is 0 Å². The van der Waals surface area contributed by atoms with Gasteiger partial charge in [-0.3, -0.25) is 9.78 Å². The van der Waals surface area contributed by atoms with Crippen LogP contribution in [0.5, 0.6) is 0 Å². The molecule has 0 saturated heterocycles. The summed E-state index contributed by atoms with van der Waals surface area (Å²) in [5.74, 6) is -0.238. The number of nitrogens with one attached hydrogen (secondary N) is 1. The van der Waals surface area contributed by atoms with E-state index in [1.807, 2.05) is 34.2 Å². The molecule has 31 heavy (non-hydrogen) atoms. The molecule has 4 aromatic rings. The Balaban J connectivity index is 1.56. The van der Waals surface area contributed by atoms with E-state index in [1.54, 1.807) is 6.20 Å². The number of amides is 1. The molecule has 0 aliphatic carbocycles. The SMILES string of the molecule is O=C(NCCc1ccccn1)c1cc2scc(Br)c2n1Cc1ccc(C(F)(F)F)cc1. The van der Waals surface area contributed by atoms with Gasteiger partial charge in [-0.15, -0.1) is 11.3 Å². The summed E-state index contributed by atoms with van der Waals surface area (Å²) in [6.07, 6.45) is -2.07. The Kier molecular flexibility index (Phi) is 6.15. The number of hydrogen-bond donors (Lipinski definition) is 1. The number of nitrogens with zero attached hydrogens (tertiary/aromatic N) is 2. The molecule has 1 aromatic carbocycles. The van der Waals surface area contributed by atoms with Crippen LogP contribution in [0.1, 0.15) is 27.3 Å². The van der Waals surface area contributed by atoms with Crippen molar-refractivity contribution >= 4 is 43.4 Å². The molecule has 0 aliphatic heterocycles. The predicted molar refractivity (Wildman–Crippen MR) is 118 cm³/mol. The Morgan fingerprint density at radius 3 is 2.61 bits per heavy atom. The average molecular weight is 508 g/mol. The number of carbonyl (C=O) groups excluding carboxylic acids is 1. The number of fused-ring (bicyclic) bond motifs is 1. The second kappa shape index (κ2) is 8.84. The molecule has 0 fully saturated rings. The van der Waals surface area contributed by atoms with Crippen molar-refractivity contribution in [2.75, 3.05) is 6.54 Å². The summed E-state index contributed by atoms with van der Waals surface area (Å²) >= 11 is 5.01. The summed E-state index contributed by atoms with van der Waals surface area (Å²) in [5, 5.41) is 4.84. The van der Waals surface area contributed by atoms with Gasteiger partial charge in [-0.05, 0) is 51.8 Å². The van der Waals surface area contributed by atoms with Gasteiger partial charge in [0, 0.05) is 36.8 Å². The van der Waals surface area contributed by atoms with Crippen LogP contribution in [0, 0.1) is 0 Å². The van der Waals surface area contributed by atoms with Crippen molar-refractivity contribution in [1.82, 2.24) is 14.9 Å². The zero-order valence-electron chi connectivity index (χ0n) is 16.1. The summed E-state index contributed by atoms with van der Waals surface area (Å²) in [6, 6.07) is 12.4. The number of alkyl halides is 3. The summed E-state index contributed by atoms with van der Waals surface area (Å²) in [7, 11) is 0. The number of hydrogen-bond acceptors (Lipinski definition) is 3. The lowest BCUT2D eigenvalue weighted by molar-refractivity contribution is -0.137. The van der Waals surface area contributed by atoms with E-state index < -0.39 is 11.7 Å². The molecule has 1 amide bonds. The van der Waals surface area contributed by atoms with Crippen molar-refractivity contribution in [3.8, 4) is 0 Å². The minimum absolute atomic E-state index is 0.238. The number of benzene rings is 1. The third-order valence-electron chi connectivity index (χ3n) is 4.82. The van der Waals surface area contributed by atoms with Crippen molar-refractivity contribution in [1.29, 1.82) is 0 Å². The van der Waals surface area contributed by atoms with Crippen molar-refractivity contribution in [2.45, 2.75) is 19.1 Å². The standard InChI is InChI=1S/C22H17BrF3N3OS/c23-17-13-31-19-11-18(21(30)28-10-8-16-3-1-2-9-27-16)29(20(17)19)12-14-4-6-15(7-5-14)22(24,25)26/h1-7,9,11,13H,8,10,12H2,(H,28,30). The second-order valence-electron chi connectivity index (χ2n) is 6.93. The van der Waals surface area contributed by atoms with Gasteiger partial charge in [0.05, 0.1) is 20.3 Å². The van der Waals surface area contributed by atoms with Crippen LogP contribution in [0.25, 0.3) is 10.2 Å². The molecular weight excluding hydrogens is 491 g/mol. The normalized spacial score (nSPS) is 11.7. The van der Waals surface area contributed by atoms with E-state index >= 15 is 0 Å². The van der Waals surface area contributed by atoms with Crippen LogP contribution in [-0.4, -0.2) is 22.0 Å². The third kappa shape index (κ3) is 4.83. The quantitative estimate of drug-likeness (QED) is 0.353. The highest BCUT2D eigenvalue weighted by molar-refractivity contribution is 9.10. The van der Waals surface area contributed by atoms with E-state index in [-0.39, 0.29) is 12.5 Å². The molecule has 0 saturated carbocycles. The molecular formula is C22H17BrF3N3OS. The van der Waals surface area contributed by atoms with Gasteiger partial charge in [0.15, 0.2) is 0 Å². The summed E-state index contributed by atoms with van der Waals surface area (Å²) in [4.78, 5) is 17.1. The molecule has 1 N–H and O–H groups in total. The summed E-state index contributed by atoms with van der Waals surface area (Å²) < 4.78 is 42.2. The lowest BCUT2D eigenvalue weighted by Gasteiger charge is -2.13. The maximum Gasteiger partial charge on any atom is 0.416 e. The van der Waals surface area contributed by atoms with Crippen LogP contribution in [0.3, 0.4) is 0 Å². The first-order chi connectivity index (χ1) is 14.8. The Morgan fingerprint density at radius 2 is 1.94 bits per heavy atom. The zero-order chi connectivity index (χ0) is 22.0. The number of halogens is 4. The molecule has 0 unspecified atom stereocenters. The first-order valence-corrected chi connectivity index (χ1v) is 11.1. The first kappa shape index (κ1) is 21.6. The van der Waals surface area contributed by atoms with E-state index in [2.05, 4.69) is 26.2 Å². The maximum absolute atomic E-state index is 12.9. The molecule has 160 valence electrons. The number of pyridine rings is 1. The Hall–Kier alpha value is -2.65. The van der Waals surface area contributed by atoms with Crippen molar-refractivity contribution < 1.29 is 18.0 Å². The van der Waals surface area contributed by atoms with Gasteiger partial charge < -0.3 is 9.88 Å². The van der Waals surface area contributed by atoms with E-state index in [0.717, 1.165) is 32.5 Å². The van der Waals surface area contributed by atoms with Gasteiger partial charge in [0.25, 0.3) is 5.91 Å². The molecule has 4 rings (SSSR count). The van der Waals surface area contributed by atoms with Gasteiger partial charge >= 0.3 is 6.18 Å². The fourth-order valence-electron chi connectivity index (χ4n) is 3.31. The van der Waals surface area contributed by atoms with Gasteiger partial charge in [0.2, 0.25) is 0 Å². The van der Waals surface area contributed by atoms with Crippen LogP contribution < -0.4 is 5.32 Å². The average Bonchev–Trinajstić information content (AvgIpc) is 3.29. The smallest absolute Gasteiger partial charge is 0.350 e. The molecule has 0 bridgehead atoms. The fraction of sp³-hybridized carbons (Fsp3) is 0.182. The monoisotopic (exact) mass is 507 g/mol. The van der Waals surface area contributed by atoms with Crippen LogP contribution in [0.15, 0.2) is 64.6 Å². The van der Waals surface area contributed by atoms with Gasteiger partial charge in [-0.2, -0.15) is 13.2 Å². The molecule has 0 aliphatic rings. The van der Waals surface area contributed by atoms with E-state index in [9.17, 15) is 18.0 Å². The van der Waals surface area contributed by atoms with E-state index in [0.29, 0.717) is 24.2 Å². The lowest BCUT2D eigenvalue weighted by Crippen LogP contribution is -2.28. The number of carbonyl (C=O) groups is 1. The number of aromatic nitrogens is 2. The minimum Gasteiger partial charge on any atom is -0.350 e.